The Kier molecular flexibility index (Phi) is 17.8. The molecule has 1 aromatic rings. The first-order valence-electron chi connectivity index (χ1n) is 5.47. The van der Waals surface area contributed by atoms with E-state index in [0.29, 0.717) is 15.9 Å². The van der Waals surface area contributed by atoms with Crippen LogP contribution >= 0.6 is 10.5 Å². The second-order valence-electron chi connectivity index (χ2n) is 3.29. The minimum atomic E-state index is -1.68. The van der Waals surface area contributed by atoms with Crippen molar-refractivity contribution in [2.75, 3.05) is 5.75 Å². The fourth-order valence-electron chi connectivity index (χ4n) is 1.21. The van der Waals surface area contributed by atoms with Gasteiger partial charge in [0.15, 0.2) is 0 Å². The molecule has 1 unspecified atom stereocenters. The molecular formula is C12H17BF2O2SWY-2. The van der Waals surface area contributed by atoms with E-state index >= 15 is 0 Å². The van der Waals surface area contributed by atoms with E-state index in [-0.39, 0.29) is 53.8 Å². The van der Waals surface area contributed by atoms with Crippen LogP contribution in [0, 0.1) is 19.4 Å². The van der Waals surface area contributed by atoms with E-state index in [0.717, 1.165) is 0 Å². The molecule has 0 saturated heterocycles. The number of aryl methyl sites for hydroxylation is 1. The summed E-state index contributed by atoms with van der Waals surface area (Å²) in [6, 6.07) is 5.82. The zero-order valence-corrected chi connectivity index (χ0v) is 18.3. The van der Waals surface area contributed by atoms with E-state index in [1.165, 1.54) is 6.07 Å². The van der Waals surface area contributed by atoms with Crippen molar-refractivity contribution in [2.45, 2.75) is 25.7 Å². The average molecular weight is 547 g/mol. The Hall–Kier alpha value is 1.08. The van der Waals surface area contributed by atoms with E-state index in [2.05, 4.69) is 11.9 Å². The predicted octanol–water partition coefficient (Wildman–Crippen LogP) is 1.98. The summed E-state index contributed by atoms with van der Waals surface area (Å²) < 4.78 is 24.2. The van der Waals surface area contributed by atoms with E-state index < -0.39 is 29.8 Å². The van der Waals surface area contributed by atoms with Gasteiger partial charge in [0.2, 0.25) is 0 Å². The molecular weight excluding hydrogens is 530 g/mol. The van der Waals surface area contributed by atoms with Crippen molar-refractivity contribution >= 4 is 28.9 Å². The van der Waals surface area contributed by atoms with Crippen molar-refractivity contribution in [1.29, 1.82) is 0 Å². The molecule has 2 N–H and O–H groups in total. The minimum absolute atomic E-state index is 0. The van der Waals surface area contributed by atoms with Crippen LogP contribution in [0.2, 0.25) is 0 Å². The van der Waals surface area contributed by atoms with E-state index in [4.69, 9.17) is 10.0 Å². The van der Waals surface area contributed by atoms with Gasteiger partial charge in [-0.3, -0.25) is 0 Å². The first-order chi connectivity index (χ1) is 8.41. The molecule has 0 bridgehead atoms. The molecule has 1 aromatic carbocycles. The maximum absolute atomic E-state index is 12.1. The minimum Gasteiger partial charge on any atom is -0.424 e. The SMILES string of the molecule is C=S(C[C-](F)F)c1[c-]cc(C)c(B(O)O)c1.CC.[W].[Y]. The van der Waals surface area contributed by atoms with Gasteiger partial charge in [0.1, 0.15) is 0 Å². The monoisotopic (exact) mass is 547 g/mol. The first-order valence-corrected chi connectivity index (χ1v) is 7.04. The van der Waals surface area contributed by atoms with E-state index in [1.54, 1.807) is 13.0 Å². The molecule has 0 heterocycles. The van der Waals surface area contributed by atoms with Gasteiger partial charge in [-0.05, 0) is 0 Å². The van der Waals surface area contributed by atoms with Crippen molar-refractivity contribution in [3.8, 4) is 0 Å². The van der Waals surface area contributed by atoms with Crippen LogP contribution in [0.4, 0.5) is 8.78 Å². The molecule has 0 spiro atoms. The maximum Gasteiger partial charge on any atom is 0.462 e. The fraction of sp³-hybridized carbons (Fsp3) is 0.333. The third-order valence-corrected chi connectivity index (χ3v) is 3.47. The third kappa shape index (κ3) is 9.17. The Morgan fingerprint density at radius 2 is 1.90 bits per heavy atom. The Labute approximate surface area is 162 Å². The van der Waals surface area contributed by atoms with E-state index in [1.807, 2.05) is 13.8 Å². The molecule has 1 atom stereocenters. The summed E-state index contributed by atoms with van der Waals surface area (Å²) in [4.78, 5) is 0.474. The number of halogens is 2. The van der Waals surface area contributed by atoms with Gasteiger partial charge >= 0.3 is 7.12 Å². The topological polar surface area (TPSA) is 40.5 Å². The number of rotatable bonds is 4. The third-order valence-electron chi connectivity index (χ3n) is 2.05. The zero-order valence-electron chi connectivity index (χ0n) is 11.7. The summed E-state index contributed by atoms with van der Waals surface area (Å²) in [6.45, 7) is 5.69. The van der Waals surface area contributed by atoms with Crippen LogP contribution in [-0.4, -0.2) is 28.8 Å². The summed E-state index contributed by atoms with van der Waals surface area (Å²) >= 11 is 0. The van der Waals surface area contributed by atoms with Gasteiger partial charge in [-0.1, -0.05) is 32.4 Å². The molecule has 0 aromatic heterocycles. The largest absolute Gasteiger partial charge is 0.462 e. The number of benzene rings is 1. The van der Waals surface area contributed by atoms with Crippen LogP contribution in [0.1, 0.15) is 19.4 Å². The summed E-state index contributed by atoms with van der Waals surface area (Å²) in [5.41, 5.74) is 0.953. The van der Waals surface area contributed by atoms with Crippen LogP contribution in [0.3, 0.4) is 0 Å². The summed E-state index contributed by atoms with van der Waals surface area (Å²) in [5.74, 6) is 3.19. The zero-order chi connectivity index (χ0) is 14.3. The van der Waals surface area contributed by atoms with Crippen LogP contribution in [0.25, 0.3) is 0 Å². The number of hydrogen-bond acceptors (Lipinski definition) is 2. The maximum atomic E-state index is 12.1. The van der Waals surface area contributed by atoms with Crippen molar-refractivity contribution < 1.29 is 72.6 Å². The van der Waals surface area contributed by atoms with Gasteiger partial charge in [-0.2, -0.15) is 23.8 Å². The predicted molar refractivity (Wildman–Crippen MR) is 74.5 cm³/mol. The normalized spacial score (nSPS) is 10.6. The second kappa shape index (κ2) is 13.7. The van der Waals surface area contributed by atoms with Crippen LogP contribution in [0.15, 0.2) is 17.0 Å². The van der Waals surface area contributed by atoms with Gasteiger partial charge in [0.05, 0.1) is 0 Å². The Balaban J connectivity index is -0.000000689. The molecule has 0 saturated carbocycles. The van der Waals surface area contributed by atoms with E-state index in [9.17, 15) is 8.78 Å². The molecule has 0 amide bonds. The van der Waals surface area contributed by atoms with Gasteiger partial charge in [-0.25, -0.2) is 10.5 Å². The Morgan fingerprint density at radius 3 is 2.30 bits per heavy atom. The summed E-state index contributed by atoms with van der Waals surface area (Å²) in [7, 11) is -2.52. The first kappa shape index (κ1) is 26.0. The second-order valence-corrected chi connectivity index (χ2v) is 5.00. The van der Waals surface area contributed by atoms with Crippen molar-refractivity contribution in [2.24, 2.45) is 0 Å². The Morgan fingerprint density at radius 1 is 1.40 bits per heavy atom. The van der Waals surface area contributed by atoms with Crippen LogP contribution in [0.5, 0.6) is 0 Å². The van der Waals surface area contributed by atoms with Gasteiger partial charge < -0.3 is 18.8 Å². The molecule has 0 fully saturated rings. The fourth-order valence-corrected chi connectivity index (χ4v) is 2.15. The van der Waals surface area contributed by atoms with Gasteiger partial charge in [0, 0.05) is 60.2 Å². The van der Waals surface area contributed by atoms with Crippen molar-refractivity contribution in [3.63, 3.8) is 0 Å². The molecule has 1 radical (unpaired) electrons. The van der Waals surface area contributed by atoms with Crippen molar-refractivity contribution in [3.05, 3.63) is 30.2 Å². The van der Waals surface area contributed by atoms with Gasteiger partial charge in [0.25, 0.3) is 0 Å². The van der Waals surface area contributed by atoms with Crippen LogP contribution in [-0.2, 0) is 53.8 Å². The molecule has 20 heavy (non-hydrogen) atoms. The quantitative estimate of drug-likeness (QED) is 0.345. The molecule has 0 aliphatic carbocycles. The summed E-state index contributed by atoms with van der Waals surface area (Å²) in [6.07, 6.45) is -1.68. The Bertz CT molecular complexity index is 409. The molecule has 0 aliphatic heterocycles. The molecule has 8 heteroatoms. The van der Waals surface area contributed by atoms with Crippen LogP contribution < -0.4 is 5.46 Å². The van der Waals surface area contributed by atoms with Crippen molar-refractivity contribution in [1.82, 2.24) is 0 Å². The molecule has 1 rings (SSSR count). The summed E-state index contributed by atoms with van der Waals surface area (Å²) in [5, 5.41) is 18.1. The smallest absolute Gasteiger partial charge is 0.424 e. The van der Waals surface area contributed by atoms with Gasteiger partial charge in [-0.15, -0.1) is 10.4 Å². The molecule has 111 valence electrons. The number of hydrogen-bond donors (Lipinski definition) is 2. The molecule has 2 nitrogen and oxygen atoms in total. The average Bonchev–Trinajstić information content (AvgIpc) is 2.30. The molecule has 0 aliphatic rings. The standard InChI is InChI=1S/C10H11BF2O2S.C2H6.W.Y/c1-7-3-4-8(5-9(7)11(14)15)16(2)6-10(12)13;1-2;;/h3,5,14-15H,2,6H2,1H3;1-2H3;;/q-2;;;.